The van der Waals surface area contributed by atoms with Crippen LogP contribution in [0.25, 0.3) is 0 Å². The molecule has 3 nitrogen and oxygen atoms in total. The molecule has 0 aliphatic carbocycles. The summed E-state index contributed by atoms with van der Waals surface area (Å²) in [6.45, 7) is 0. The number of amides is 1. The van der Waals surface area contributed by atoms with Gasteiger partial charge in [0.25, 0.3) is 0 Å². The van der Waals surface area contributed by atoms with E-state index < -0.39 is 0 Å². The van der Waals surface area contributed by atoms with Crippen molar-refractivity contribution >= 4 is 5.91 Å². The van der Waals surface area contributed by atoms with Gasteiger partial charge in [0.1, 0.15) is 0 Å². The van der Waals surface area contributed by atoms with Crippen molar-refractivity contribution < 1.29 is 4.79 Å². The van der Waals surface area contributed by atoms with E-state index in [-0.39, 0.29) is 18.0 Å². The molecule has 1 saturated heterocycles. The maximum atomic E-state index is 11.5. The molecule has 3 N–H and O–H groups in total. The van der Waals surface area contributed by atoms with Crippen LogP contribution in [0.1, 0.15) is 24.8 Å². The minimum atomic E-state index is 0.133. The van der Waals surface area contributed by atoms with Gasteiger partial charge in [-0.05, 0) is 24.8 Å². The molecule has 0 bridgehead atoms. The molecule has 2 atom stereocenters. The minimum absolute atomic E-state index is 0.133. The molecule has 1 aliphatic heterocycles. The van der Waals surface area contributed by atoms with E-state index in [1.54, 1.807) is 0 Å². The number of benzene rings is 1. The SMILES string of the molecule is N[C@H]1CCC(=O)NC(Cc2ccccc2)C1. The summed E-state index contributed by atoms with van der Waals surface area (Å²) in [5, 5.41) is 3.04. The molecule has 1 amide bonds. The second-order valence-corrected chi connectivity index (χ2v) is 4.49. The highest BCUT2D eigenvalue weighted by atomic mass is 16.1. The van der Waals surface area contributed by atoms with Crippen molar-refractivity contribution in [2.24, 2.45) is 5.73 Å². The van der Waals surface area contributed by atoms with Gasteiger partial charge in [-0.1, -0.05) is 30.3 Å². The zero-order chi connectivity index (χ0) is 11.4. The molecule has 16 heavy (non-hydrogen) atoms. The number of nitrogens with one attached hydrogen (secondary N) is 1. The summed E-state index contributed by atoms with van der Waals surface area (Å²) in [6.07, 6.45) is 3.12. The molecule has 0 radical (unpaired) electrons. The Labute approximate surface area is 96.0 Å². The van der Waals surface area contributed by atoms with Crippen LogP contribution in [0.5, 0.6) is 0 Å². The highest BCUT2D eigenvalue weighted by Gasteiger charge is 2.21. The van der Waals surface area contributed by atoms with Crippen LogP contribution in [0.2, 0.25) is 0 Å². The zero-order valence-corrected chi connectivity index (χ0v) is 9.36. The maximum absolute atomic E-state index is 11.5. The van der Waals surface area contributed by atoms with Crippen LogP contribution in [0.4, 0.5) is 0 Å². The lowest BCUT2D eigenvalue weighted by molar-refractivity contribution is -0.121. The molecule has 2 rings (SSSR count). The first-order valence-corrected chi connectivity index (χ1v) is 5.83. The number of carbonyl (C=O) groups excluding carboxylic acids is 1. The van der Waals surface area contributed by atoms with E-state index in [1.165, 1.54) is 5.56 Å². The monoisotopic (exact) mass is 218 g/mol. The van der Waals surface area contributed by atoms with Crippen LogP contribution >= 0.6 is 0 Å². The quantitative estimate of drug-likeness (QED) is 0.784. The van der Waals surface area contributed by atoms with Crippen LogP contribution in [0, 0.1) is 0 Å². The summed E-state index contributed by atoms with van der Waals surface area (Å²) in [5.41, 5.74) is 7.20. The van der Waals surface area contributed by atoms with E-state index in [0.717, 1.165) is 19.3 Å². The third-order valence-corrected chi connectivity index (χ3v) is 3.02. The topological polar surface area (TPSA) is 55.1 Å². The van der Waals surface area contributed by atoms with Crippen LogP contribution in [-0.2, 0) is 11.2 Å². The molecular weight excluding hydrogens is 200 g/mol. The Morgan fingerprint density at radius 3 is 2.81 bits per heavy atom. The molecular formula is C13H18N2O. The Bertz CT molecular complexity index is 350. The third-order valence-electron chi connectivity index (χ3n) is 3.02. The summed E-state index contributed by atoms with van der Waals surface area (Å²) >= 11 is 0. The predicted octanol–water partition coefficient (Wildman–Crippen LogP) is 1.23. The van der Waals surface area contributed by atoms with E-state index in [1.807, 2.05) is 18.2 Å². The molecule has 0 spiro atoms. The molecule has 1 aromatic carbocycles. The summed E-state index contributed by atoms with van der Waals surface area (Å²) in [7, 11) is 0. The van der Waals surface area contributed by atoms with Gasteiger partial charge in [-0.15, -0.1) is 0 Å². The van der Waals surface area contributed by atoms with E-state index in [2.05, 4.69) is 17.4 Å². The first kappa shape index (κ1) is 11.1. The summed E-state index contributed by atoms with van der Waals surface area (Å²) in [5.74, 6) is 0.133. The Balaban J connectivity index is 2.00. The Morgan fingerprint density at radius 2 is 2.06 bits per heavy atom. The number of carbonyl (C=O) groups is 1. The van der Waals surface area contributed by atoms with Crippen LogP contribution < -0.4 is 11.1 Å². The number of nitrogens with two attached hydrogens (primary N) is 1. The van der Waals surface area contributed by atoms with Crippen molar-refractivity contribution in [3.63, 3.8) is 0 Å². The average molecular weight is 218 g/mol. The average Bonchev–Trinajstić information content (AvgIpc) is 2.42. The van der Waals surface area contributed by atoms with Crippen molar-refractivity contribution in [3.05, 3.63) is 35.9 Å². The molecule has 1 aromatic rings. The molecule has 1 aliphatic rings. The van der Waals surface area contributed by atoms with E-state index >= 15 is 0 Å². The molecule has 86 valence electrons. The Hall–Kier alpha value is -1.35. The van der Waals surface area contributed by atoms with Gasteiger partial charge in [0.05, 0.1) is 0 Å². The third kappa shape index (κ3) is 3.07. The van der Waals surface area contributed by atoms with Crippen molar-refractivity contribution in [1.29, 1.82) is 0 Å². The summed E-state index contributed by atoms with van der Waals surface area (Å²) in [4.78, 5) is 11.5. The van der Waals surface area contributed by atoms with Crippen LogP contribution in [-0.4, -0.2) is 18.0 Å². The van der Waals surface area contributed by atoms with Crippen molar-refractivity contribution in [1.82, 2.24) is 5.32 Å². The van der Waals surface area contributed by atoms with Crippen molar-refractivity contribution in [2.75, 3.05) is 0 Å². The maximum Gasteiger partial charge on any atom is 0.220 e. The van der Waals surface area contributed by atoms with Crippen molar-refractivity contribution in [2.45, 2.75) is 37.8 Å². The van der Waals surface area contributed by atoms with Gasteiger partial charge in [-0.3, -0.25) is 4.79 Å². The van der Waals surface area contributed by atoms with Crippen molar-refractivity contribution in [3.8, 4) is 0 Å². The summed E-state index contributed by atoms with van der Waals surface area (Å²) < 4.78 is 0. The van der Waals surface area contributed by atoms with Gasteiger partial charge in [0.2, 0.25) is 5.91 Å². The van der Waals surface area contributed by atoms with Gasteiger partial charge in [0.15, 0.2) is 0 Å². The molecule has 1 heterocycles. The van der Waals surface area contributed by atoms with Crippen LogP contribution in [0.15, 0.2) is 30.3 Å². The number of rotatable bonds is 2. The predicted molar refractivity (Wildman–Crippen MR) is 63.9 cm³/mol. The fourth-order valence-electron chi connectivity index (χ4n) is 2.19. The van der Waals surface area contributed by atoms with E-state index in [4.69, 9.17) is 5.73 Å². The fraction of sp³-hybridized carbons (Fsp3) is 0.462. The van der Waals surface area contributed by atoms with Gasteiger partial charge in [-0.2, -0.15) is 0 Å². The number of hydrogen-bond donors (Lipinski definition) is 2. The molecule has 0 saturated carbocycles. The second-order valence-electron chi connectivity index (χ2n) is 4.49. The molecule has 1 fully saturated rings. The lowest BCUT2D eigenvalue weighted by Gasteiger charge is -2.17. The van der Waals surface area contributed by atoms with E-state index in [0.29, 0.717) is 6.42 Å². The first-order chi connectivity index (χ1) is 7.74. The Kier molecular flexibility index (Phi) is 3.57. The lowest BCUT2D eigenvalue weighted by Crippen LogP contribution is -2.36. The number of hydrogen-bond acceptors (Lipinski definition) is 2. The lowest BCUT2D eigenvalue weighted by atomic mass is 9.99. The first-order valence-electron chi connectivity index (χ1n) is 5.83. The zero-order valence-electron chi connectivity index (χ0n) is 9.36. The van der Waals surface area contributed by atoms with Gasteiger partial charge in [-0.25, -0.2) is 0 Å². The van der Waals surface area contributed by atoms with Gasteiger partial charge in [0, 0.05) is 18.5 Å². The van der Waals surface area contributed by atoms with Gasteiger partial charge >= 0.3 is 0 Å². The molecule has 1 unspecified atom stereocenters. The Morgan fingerprint density at radius 1 is 1.31 bits per heavy atom. The highest BCUT2D eigenvalue weighted by Crippen LogP contribution is 2.13. The smallest absolute Gasteiger partial charge is 0.220 e. The summed E-state index contributed by atoms with van der Waals surface area (Å²) in [6, 6.07) is 10.5. The normalized spacial score (nSPS) is 25.9. The molecule has 3 heteroatoms. The standard InChI is InChI=1S/C13H18N2O/c14-11-6-7-13(16)15-12(9-11)8-10-4-2-1-3-5-10/h1-5,11-12H,6-9,14H2,(H,15,16)/t11-,12?/m0/s1. The van der Waals surface area contributed by atoms with Gasteiger partial charge < -0.3 is 11.1 Å². The second kappa shape index (κ2) is 5.12. The van der Waals surface area contributed by atoms with Crippen LogP contribution in [0.3, 0.4) is 0 Å². The largest absolute Gasteiger partial charge is 0.353 e. The highest BCUT2D eigenvalue weighted by molar-refractivity contribution is 5.76. The molecule has 0 aromatic heterocycles. The minimum Gasteiger partial charge on any atom is -0.353 e. The van der Waals surface area contributed by atoms with E-state index in [9.17, 15) is 4.79 Å². The fourth-order valence-corrected chi connectivity index (χ4v) is 2.19.